The molecule has 0 aromatic heterocycles. The van der Waals surface area contributed by atoms with Crippen molar-refractivity contribution in [2.24, 2.45) is 0 Å². The van der Waals surface area contributed by atoms with Gasteiger partial charge in [0.05, 0.1) is 0 Å². The number of aliphatic hydroxyl groups is 1. The smallest absolute Gasteiger partial charge is 0.322 e. The molecule has 0 radical (unpaired) electrons. The molecule has 8 heteroatoms. The molecule has 0 saturated heterocycles. The number of carbonyl (C=O) groups is 3. The van der Waals surface area contributed by atoms with E-state index in [4.69, 9.17) is 5.11 Å². The number of carboxylic acid groups (broad SMARTS) is 1. The third-order valence-corrected chi connectivity index (χ3v) is 3.86. The van der Waals surface area contributed by atoms with Crippen molar-refractivity contribution in [1.82, 2.24) is 16.0 Å². The van der Waals surface area contributed by atoms with Crippen molar-refractivity contribution in [2.45, 2.75) is 59.0 Å². The van der Waals surface area contributed by atoms with Gasteiger partial charge in [0.25, 0.3) is 11.8 Å². The number of benzene rings is 1. The maximum Gasteiger partial charge on any atom is 0.322 e. The molecule has 1 rings (SSSR count). The van der Waals surface area contributed by atoms with Crippen LogP contribution in [0.25, 0.3) is 0 Å². The molecule has 5 N–H and O–H groups in total. The van der Waals surface area contributed by atoms with Crippen LogP contribution in [-0.2, 0) is 26.3 Å². The van der Waals surface area contributed by atoms with Crippen molar-refractivity contribution in [3.63, 3.8) is 0 Å². The van der Waals surface area contributed by atoms with Crippen molar-refractivity contribution in [3.05, 3.63) is 46.8 Å². The van der Waals surface area contributed by atoms with Gasteiger partial charge in [-0.05, 0) is 37.3 Å². The van der Waals surface area contributed by atoms with Crippen molar-refractivity contribution in [1.29, 1.82) is 0 Å². The molecular weight excluding hydrogens is 374 g/mol. The van der Waals surface area contributed by atoms with Crippen molar-refractivity contribution in [2.75, 3.05) is 6.54 Å². The molecule has 0 aliphatic rings. The zero-order chi connectivity index (χ0) is 22.4. The first-order valence-corrected chi connectivity index (χ1v) is 9.30. The van der Waals surface area contributed by atoms with Gasteiger partial charge in [-0.2, -0.15) is 0 Å². The number of rotatable bonds is 7. The minimum Gasteiger partial charge on any atom is -0.494 e. The Balaban J connectivity index is 2.97. The number of nitrogens with one attached hydrogen (secondary N) is 3. The largest absolute Gasteiger partial charge is 0.494 e. The van der Waals surface area contributed by atoms with E-state index in [1.165, 1.54) is 0 Å². The lowest BCUT2D eigenvalue weighted by Crippen LogP contribution is -2.42. The van der Waals surface area contributed by atoms with Gasteiger partial charge in [-0.15, -0.1) is 0 Å². The Labute approximate surface area is 171 Å². The van der Waals surface area contributed by atoms with Gasteiger partial charge >= 0.3 is 5.97 Å². The van der Waals surface area contributed by atoms with Gasteiger partial charge in [-0.25, -0.2) is 0 Å². The molecular formula is C21H31N3O5. The van der Waals surface area contributed by atoms with Crippen molar-refractivity contribution >= 4 is 17.8 Å². The van der Waals surface area contributed by atoms with E-state index in [-0.39, 0.29) is 12.0 Å². The Morgan fingerprint density at radius 3 is 1.83 bits per heavy atom. The van der Waals surface area contributed by atoms with E-state index in [2.05, 4.69) is 36.7 Å². The van der Waals surface area contributed by atoms with Crippen LogP contribution in [0.1, 0.15) is 52.7 Å². The van der Waals surface area contributed by atoms with Crippen LogP contribution in [0, 0.1) is 0 Å². The molecule has 0 aliphatic heterocycles. The summed E-state index contributed by atoms with van der Waals surface area (Å²) in [6.45, 7) is 11.0. The summed E-state index contributed by atoms with van der Waals surface area (Å²) in [4.78, 5) is 35.6. The van der Waals surface area contributed by atoms with Crippen LogP contribution in [0.5, 0.6) is 0 Å². The van der Waals surface area contributed by atoms with Crippen molar-refractivity contribution < 1.29 is 24.6 Å². The van der Waals surface area contributed by atoms with E-state index in [1.54, 1.807) is 20.8 Å². The Morgan fingerprint density at radius 1 is 0.862 bits per heavy atom. The SMILES string of the molecule is CC(C)(C)N/C(O)=C(/C(=O)NCC(=O)O)C(=O)NCc1ccc(C(C)(C)C)cc1. The molecule has 0 atom stereocenters. The van der Waals surface area contributed by atoms with Gasteiger partial charge in [0, 0.05) is 12.1 Å². The minimum absolute atomic E-state index is 0.00430. The molecule has 1 aromatic carbocycles. The van der Waals surface area contributed by atoms with E-state index in [9.17, 15) is 19.5 Å². The predicted molar refractivity (Wildman–Crippen MR) is 110 cm³/mol. The molecule has 0 aliphatic carbocycles. The van der Waals surface area contributed by atoms with E-state index in [1.807, 2.05) is 24.3 Å². The fourth-order valence-corrected chi connectivity index (χ4v) is 2.37. The first kappa shape index (κ1) is 24.0. The standard InChI is InChI=1S/C21H31N3O5/c1-20(2,3)14-9-7-13(8-10-14)11-22-17(27)16(18(28)23-12-15(25)26)19(29)24-21(4,5)6/h7-10,24,29H,11-12H2,1-6H3,(H,22,27)(H,23,28)(H,25,26)/b19-16-. The zero-order valence-electron chi connectivity index (χ0n) is 17.8. The molecule has 0 spiro atoms. The fourth-order valence-electron chi connectivity index (χ4n) is 2.37. The lowest BCUT2D eigenvalue weighted by atomic mass is 9.87. The van der Waals surface area contributed by atoms with Crippen LogP contribution in [-0.4, -0.2) is 40.1 Å². The summed E-state index contributed by atoms with van der Waals surface area (Å²) in [7, 11) is 0. The normalized spacial score (nSPS) is 12.6. The average Bonchev–Trinajstić information content (AvgIpc) is 2.56. The summed E-state index contributed by atoms with van der Waals surface area (Å²) in [6, 6.07) is 7.69. The second-order valence-electron chi connectivity index (χ2n) is 8.80. The summed E-state index contributed by atoms with van der Waals surface area (Å²) in [5.41, 5.74) is 0.774. The molecule has 0 unspecified atom stereocenters. The number of hydrogen-bond donors (Lipinski definition) is 5. The van der Waals surface area contributed by atoms with Crippen molar-refractivity contribution in [3.8, 4) is 0 Å². The average molecular weight is 405 g/mol. The molecule has 0 fully saturated rings. The highest BCUT2D eigenvalue weighted by atomic mass is 16.4. The quantitative estimate of drug-likeness (QED) is 0.204. The Hall–Kier alpha value is -3.03. The number of amides is 2. The highest BCUT2D eigenvalue weighted by Gasteiger charge is 2.26. The third kappa shape index (κ3) is 8.25. The number of carbonyl (C=O) groups excluding carboxylic acids is 2. The van der Waals surface area contributed by atoms with Crippen LogP contribution in [0.4, 0.5) is 0 Å². The van der Waals surface area contributed by atoms with Gasteiger partial charge in [0.15, 0.2) is 5.57 Å². The maximum absolute atomic E-state index is 12.6. The first-order chi connectivity index (χ1) is 13.2. The van der Waals surface area contributed by atoms with E-state index < -0.39 is 41.3 Å². The minimum atomic E-state index is -1.26. The fraction of sp³-hybridized carbons (Fsp3) is 0.476. The number of hydrogen-bond acceptors (Lipinski definition) is 5. The summed E-state index contributed by atoms with van der Waals surface area (Å²) in [5, 5.41) is 26.3. The molecule has 8 nitrogen and oxygen atoms in total. The van der Waals surface area contributed by atoms with Crippen LogP contribution >= 0.6 is 0 Å². The van der Waals surface area contributed by atoms with E-state index in [0.29, 0.717) is 0 Å². The summed E-state index contributed by atoms with van der Waals surface area (Å²) in [5.74, 6) is -3.69. The van der Waals surface area contributed by atoms with Crippen LogP contribution in [0.3, 0.4) is 0 Å². The lowest BCUT2D eigenvalue weighted by molar-refractivity contribution is -0.138. The van der Waals surface area contributed by atoms with Gasteiger partial charge in [-0.1, -0.05) is 45.0 Å². The van der Waals surface area contributed by atoms with Crippen LogP contribution in [0.15, 0.2) is 35.7 Å². The zero-order valence-corrected chi connectivity index (χ0v) is 17.8. The van der Waals surface area contributed by atoms with Gasteiger partial charge < -0.3 is 26.2 Å². The summed E-state index contributed by atoms with van der Waals surface area (Å²) in [6.07, 6.45) is 0. The topological polar surface area (TPSA) is 128 Å². The number of carboxylic acids is 1. The van der Waals surface area contributed by atoms with Gasteiger partial charge in [0.2, 0.25) is 5.88 Å². The number of aliphatic hydroxyl groups excluding tert-OH is 1. The second kappa shape index (κ2) is 9.45. The summed E-state index contributed by atoms with van der Waals surface area (Å²) >= 11 is 0. The highest BCUT2D eigenvalue weighted by molar-refractivity contribution is 6.19. The molecule has 2 amide bonds. The molecule has 160 valence electrons. The molecule has 29 heavy (non-hydrogen) atoms. The first-order valence-electron chi connectivity index (χ1n) is 9.30. The molecule has 0 heterocycles. The second-order valence-corrected chi connectivity index (χ2v) is 8.80. The Bertz CT molecular complexity index is 784. The Kier molecular flexibility index (Phi) is 7.82. The number of aliphatic carboxylic acids is 1. The van der Waals surface area contributed by atoms with E-state index in [0.717, 1.165) is 11.1 Å². The van der Waals surface area contributed by atoms with Gasteiger partial charge in [0.1, 0.15) is 6.54 Å². The molecule has 0 bridgehead atoms. The van der Waals surface area contributed by atoms with Gasteiger partial charge in [-0.3, -0.25) is 14.4 Å². The molecule has 1 aromatic rings. The monoisotopic (exact) mass is 405 g/mol. The summed E-state index contributed by atoms with van der Waals surface area (Å²) < 4.78 is 0. The predicted octanol–water partition coefficient (Wildman–Crippen LogP) is 1.96. The highest BCUT2D eigenvalue weighted by Crippen LogP contribution is 2.22. The Morgan fingerprint density at radius 2 is 1.38 bits per heavy atom. The van der Waals surface area contributed by atoms with Crippen LogP contribution in [0.2, 0.25) is 0 Å². The molecule has 0 saturated carbocycles. The van der Waals surface area contributed by atoms with E-state index >= 15 is 0 Å². The van der Waals surface area contributed by atoms with Crippen LogP contribution < -0.4 is 16.0 Å². The maximum atomic E-state index is 12.6. The lowest BCUT2D eigenvalue weighted by Gasteiger charge is -2.22. The third-order valence-electron chi connectivity index (χ3n) is 3.86.